The van der Waals surface area contributed by atoms with Gasteiger partial charge in [0, 0.05) is 10.7 Å². The molecule has 2 aromatic carbocycles. The molecule has 3 rings (SSSR count). The number of hydrogen-bond acceptors (Lipinski definition) is 5. The molecule has 128 valence electrons. The fourth-order valence-corrected chi connectivity index (χ4v) is 2.98. The van der Waals surface area contributed by atoms with Crippen LogP contribution < -0.4 is 5.32 Å². The van der Waals surface area contributed by atoms with Crippen LogP contribution >= 0.6 is 23.4 Å². The first-order valence-corrected chi connectivity index (χ1v) is 9.08. The number of carbonyl (C=O) groups is 1. The van der Waals surface area contributed by atoms with Crippen LogP contribution in [0.15, 0.2) is 53.7 Å². The number of anilines is 1. The number of nitrogens with zero attached hydrogens (tertiary/aromatic N) is 4. The Labute approximate surface area is 154 Å². The number of benzene rings is 2. The van der Waals surface area contributed by atoms with Gasteiger partial charge in [0.2, 0.25) is 11.1 Å². The van der Waals surface area contributed by atoms with Crippen molar-refractivity contribution in [3.63, 3.8) is 0 Å². The molecule has 0 fully saturated rings. The molecule has 0 aliphatic rings. The molecular weight excluding hydrogens is 358 g/mol. The Balaban J connectivity index is 1.62. The molecule has 0 aliphatic heterocycles. The predicted octanol–water partition coefficient (Wildman–Crippen LogP) is 3.61. The average Bonchev–Trinajstić information content (AvgIpc) is 3.10. The maximum atomic E-state index is 12.1. The van der Waals surface area contributed by atoms with Gasteiger partial charge in [0.1, 0.15) is 0 Å². The van der Waals surface area contributed by atoms with Crippen LogP contribution in [0.3, 0.4) is 0 Å². The van der Waals surface area contributed by atoms with Crippen LogP contribution in [0, 0.1) is 0 Å². The molecule has 0 saturated carbocycles. The molecule has 1 heterocycles. The Morgan fingerprint density at radius 2 is 1.88 bits per heavy atom. The van der Waals surface area contributed by atoms with Crippen LogP contribution in [0.25, 0.3) is 5.69 Å². The van der Waals surface area contributed by atoms with Crippen LogP contribution in [0.1, 0.15) is 12.5 Å². The van der Waals surface area contributed by atoms with Crippen molar-refractivity contribution in [3.8, 4) is 5.69 Å². The molecule has 0 atom stereocenters. The monoisotopic (exact) mass is 373 g/mol. The summed E-state index contributed by atoms with van der Waals surface area (Å²) in [5, 5.41) is 15.7. The fraction of sp³-hybridized carbons (Fsp3) is 0.176. The van der Waals surface area contributed by atoms with E-state index in [1.54, 1.807) is 28.9 Å². The van der Waals surface area contributed by atoms with Gasteiger partial charge in [-0.3, -0.25) is 4.79 Å². The third-order valence-electron chi connectivity index (χ3n) is 3.49. The Morgan fingerprint density at radius 3 is 2.56 bits per heavy atom. The summed E-state index contributed by atoms with van der Waals surface area (Å²) in [5.41, 5.74) is 2.81. The van der Waals surface area contributed by atoms with Gasteiger partial charge < -0.3 is 5.32 Å². The van der Waals surface area contributed by atoms with E-state index in [0.29, 0.717) is 15.9 Å². The van der Waals surface area contributed by atoms with Gasteiger partial charge in [-0.1, -0.05) is 42.4 Å². The highest BCUT2D eigenvalue weighted by Crippen LogP contribution is 2.19. The van der Waals surface area contributed by atoms with Crippen LogP contribution in [-0.2, 0) is 11.2 Å². The summed E-state index contributed by atoms with van der Waals surface area (Å²) < 4.78 is 1.62. The largest absolute Gasteiger partial charge is 0.325 e. The second kappa shape index (κ2) is 8.13. The Kier molecular flexibility index (Phi) is 5.67. The van der Waals surface area contributed by atoms with E-state index in [9.17, 15) is 4.79 Å². The third-order valence-corrected chi connectivity index (χ3v) is 4.66. The number of halogens is 1. The first-order valence-electron chi connectivity index (χ1n) is 7.71. The van der Waals surface area contributed by atoms with Crippen LogP contribution in [-0.4, -0.2) is 31.9 Å². The van der Waals surface area contributed by atoms with Crippen molar-refractivity contribution in [2.24, 2.45) is 0 Å². The molecule has 0 radical (unpaired) electrons. The molecular formula is C17H16ClN5OS. The fourth-order valence-electron chi connectivity index (χ4n) is 2.16. The summed E-state index contributed by atoms with van der Waals surface area (Å²) in [5.74, 6) is 0.0685. The predicted molar refractivity (Wildman–Crippen MR) is 99.3 cm³/mol. The van der Waals surface area contributed by atoms with E-state index in [1.807, 2.05) is 24.3 Å². The van der Waals surface area contributed by atoms with Gasteiger partial charge in [0.15, 0.2) is 0 Å². The molecule has 0 bridgehead atoms. The molecule has 25 heavy (non-hydrogen) atoms. The first-order chi connectivity index (χ1) is 12.2. The Hall–Kier alpha value is -2.38. The van der Waals surface area contributed by atoms with E-state index < -0.39 is 0 Å². The number of carbonyl (C=O) groups excluding carboxylic acids is 1. The lowest BCUT2D eigenvalue weighted by Crippen LogP contribution is -2.14. The summed E-state index contributed by atoms with van der Waals surface area (Å²) in [6.07, 6.45) is 0.975. The summed E-state index contributed by atoms with van der Waals surface area (Å²) in [4.78, 5) is 12.1. The topological polar surface area (TPSA) is 72.7 Å². The normalized spacial score (nSPS) is 10.6. The summed E-state index contributed by atoms with van der Waals surface area (Å²) in [7, 11) is 0. The summed E-state index contributed by atoms with van der Waals surface area (Å²) in [6, 6.07) is 15.0. The summed E-state index contributed by atoms with van der Waals surface area (Å²) >= 11 is 7.11. The molecule has 6 nitrogen and oxygen atoms in total. The molecule has 0 aliphatic carbocycles. The highest BCUT2D eigenvalue weighted by Gasteiger charge is 2.11. The number of nitrogens with one attached hydrogen (secondary N) is 1. The molecule has 0 saturated heterocycles. The van der Waals surface area contributed by atoms with E-state index in [-0.39, 0.29) is 11.7 Å². The quantitative estimate of drug-likeness (QED) is 0.668. The van der Waals surface area contributed by atoms with Crippen molar-refractivity contribution in [2.75, 3.05) is 11.1 Å². The molecule has 1 aromatic heterocycles. The third kappa shape index (κ3) is 4.58. The minimum atomic E-state index is -0.136. The van der Waals surface area contributed by atoms with Crippen molar-refractivity contribution in [2.45, 2.75) is 18.5 Å². The van der Waals surface area contributed by atoms with Gasteiger partial charge in [-0.15, -0.1) is 5.10 Å². The highest BCUT2D eigenvalue weighted by atomic mass is 35.5. The standard InChI is InChI=1S/C17H16ClN5OS/c1-2-12-3-9-15(10-4-12)23-17(20-21-22-23)25-11-16(24)19-14-7-5-13(18)6-8-14/h3-10H,2,11H2,1H3,(H,19,24). The van der Waals surface area contributed by atoms with E-state index in [1.165, 1.54) is 17.3 Å². The van der Waals surface area contributed by atoms with E-state index in [4.69, 9.17) is 11.6 Å². The highest BCUT2D eigenvalue weighted by molar-refractivity contribution is 7.99. The number of rotatable bonds is 6. The second-order valence-electron chi connectivity index (χ2n) is 5.24. The molecule has 8 heteroatoms. The average molecular weight is 374 g/mol. The number of amides is 1. The maximum Gasteiger partial charge on any atom is 0.234 e. The molecule has 0 unspecified atom stereocenters. The lowest BCUT2D eigenvalue weighted by atomic mass is 10.1. The molecule has 1 N–H and O–H groups in total. The van der Waals surface area contributed by atoms with E-state index >= 15 is 0 Å². The van der Waals surface area contributed by atoms with Gasteiger partial charge in [-0.2, -0.15) is 4.68 Å². The zero-order chi connectivity index (χ0) is 17.6. The van der Waals surface area contributed by atoms with Gasteiger partial charge >= 0.3 is 0 Å². The van der Waals surface area contributed by atoms with Crippen LogP contribution in [0.2, 0.25) is 5.02 Å². The Bertz CT molecular complexity index is 848. The van der Waals surface area contributed by atoms with Crippen molar-refractivity contribution in [3.05, 3.63) is 59.1 Å². The smallest absolute Gasteiger partial charge is 0.234 e. The van der Waals surface area contributed by atoms with Crippen molar-refractivity contribution in [1.82, 2.24) is 20.2 Å². The Morgan fingerprint density at radius 1 is 1.16 bits per heavy atom. The number of thioether (sulfide) groups is 1. The van der Waals surface area contributed by atoms with E-state index in [2.05, 4.69) is 27.8 Å². The lowest BCUT2D eigenvalue weighted by molar-refractivity contribution is -0.113. The number of tetrazole rings is 1. The van der Waals surface area contributed by atoms with Crippen molar-refractivity contribution < 1.29 is 4.79 Å². The zero-order valence-electron chi connectivity index (χ0n) is 13.5. The molecule has 0 spiro atoms. The van der Waals surface area contributed by atoms with Crippen LogP contribution in [0.5, 0.6) is 0 Å². The SMILES string of the molecule is CCc1ccc(-n2nnnc2SCC(=O)Nc2ccc(Cl)cc2)cc1. The van der Waals surface area contributed by atoms with E-state index in [0.717, 1.165) is 12.1 Å². The number of aryl methyl sites for hydroxylation is 1. The molecule has 1 amide bonds. The van der Waals surface area contributed by atoms with Crippen LogP contribution in [0.4, 0.5) is 5.69 Å². The summed E-state index contributed by atoms with van der Waals surface area (Å²) in [6.45, 7) is 2.10. The van der Waals surface area contributed by atoms with Crippen molar-refractivity contribution >= 4 is 35.0 Å². The number of aromatic nitrogens is 4. The van der Waals surface area contributed by atoms with Crippen molar-refractivity contribution in [1.29, 1.82) is 0 Å². The lowest BCUT2D eigenvalue weighted by Gasteiger charge is -2.06. The maximum absolute atomic E-state index is 12.1. The van der Waals surface area contributed by atoms with Gasteiger partial charge in [-0.05, 0) is 58.8 Å². The van der Waals surface area contributed by atoms with Gasteiger partial charge in [-0.25, -0.2) is 0 Å². The second-order valence-corrected chi connectivity index (χ2v) is 6.62. The first kappa shape index (κ1) is 17.4. The van der Waals surface area contributed by atoms with Gasteiger partial charge in [0.25, 0.3) is 0 Å². The zero-order valence-corrected chi connectivity index (χ0v) is 15.1. The van der Waals surface area contributed by atoms with Gasteiger partial charge in [0.05, 0.1) is 11.4 Å². The minimum Gasteiger partial charge on any atom is -0.325 e. The molecule has 3 aromatic rings. The number of hydrogen-bond donors (Lipinski definition) is 1. The minimum absolute atomic E-state index is 0.136.